The van der Waals surface area contributed by atoms with Gasteiger partial charge in [0, 0.05) is 12.0 Å². The Kier molecular flexibility index (Phi) is 3.20. The van der Waals surface area contributed by atoms with Crippen molar-refractivity contribution in [3.05, 3.63) is 0 Å². The molecule has 11 heavy (non-hydrogen) atoms. The molecule has 0 amide bonds. The van der Waals surface area contributed by atoms with Gasteiger partial charge in [-0.3, -0.25) is 0 Å². The molecule has 1 saturated carbocycles. The zero-order valence-corrected chi connectivity index (χ0v) is 7.60. The first-order valence-corrected chi connectivity index (χ1v) is 4.92. The van der Waals surface area contributed by atoms with E-state index in [1.165, 1.54) is 0 Å². The number of rotatable bonds is 2. The Morgan fingerprint density at radius 2 is 2.27 bits per heavy atom. The maximum absolute atomic E-state index is 5.65. The molecule has 0 heterocycles. The van der Waals surface area contributed by atoms with Crippen LogP contribution in [0, 0.1) is 5.92 Å². The van der Waals surface area contributed by atoms with Gasteiger partial charge >= 0.3 is 0 Å². The summed E-state index contributed by atoms with van der Waals surface area (Å²) in [5.41, 5.74) is 5.65. The van der Waals surface area contributed by atoms with Crippen molar-refractivity contribution in [1.82, 2.24) is 0 Å². The maximum Gasteiger partial charge on any atom is 0.0960 e. The van der Waals surface area contributed by atoms with Crippen LogP contribution in [0.1, 0.15) is 19.8 Å². The van der Waals surface area contributed by atoms with E-state index < -0.39 is 0 Å². The summed E-state index contributed by atoms with van der Waals surface area (Å²) >= 11 is 1.73. The molecule has 0 bridgehead atoms. The summed E-state index contributed by atoms with van der Waals surface area (Å²) in [5.74, 6) is 6.84. The van der Waals surface area contributed by atoms with Crippen molar-refractivity contribution >= 4 is 16.8 Å². The quantitative estimate of drug-likeness (QED) is 0.280. The molecule has 0 unspecified atom stereocenters. The van der Waals surface area contributed by atoms with Crippen molar-refractivity contribution < 1.29 is 0 Å². The van der Waals surface area contributed by atoms with Gasteiger partial charge in [0.2, 0.25) is 0 Å². The Hall–Kier alpha value is -0.220. The third kappa shape index (κ3) is 2.10. The van der Waals surface area contributed by atoms with E-state index in [2.05, 4.69) is 12.0 Å². The van der Waals surface area contributed by atoms with Crippen LogP contribution in [0.5, 0.6) is 0 Å². The number of hydrogen-bond acceptors (Lipinski definition) is 4. The van der Waals surface area contributed by atoms with Crippen LogP contribution in [-0.2, 0) is 0 Å². The third-order valence-electron chi connectivity index (χ3n) is 1.94. The Morgan fingerprint density at radius 1 is 1.64 bits per heavy atom. The first-order valence-electron chi connectivity index (χ1n) is 3.94. The van der Waals surface area contributed by atoms with E-state index in [-0.39, 0.29) is 0 Å². The summed E-state index contributed by atoms with van der Waals surface area (Å²) in [6, 6.07) is 0.384. The van der Waals surface area contributed by atoms with E-state index >= 15 is 0 Å². The Labute approximate surface area is 71.6 Å². The highest BCUT2D eigenvalue weighted by atomic mass is 32.2. The van der Waals surface area contributed by atoms with Crippen molar-refractivity contribution in [3.8, 4) is 0 Å². The average Bonchev–Trinajstić information content (AvgIpc) is 1.95. The van der Waals surface area contributed by atoms with Crippen molar-refractivity contribution in [2.75, 3.05) is 5.75 Å². The van der Waals surface area contributed by atoms with Gasteiger partial charge in [-0.25, -0.2) is 0 Å². The smallest absolute Gasteiger partial charge is 0.0960 e. The van der Waals surface area contributed by atoms with Gasteiger partial charge in [0.05, 0.1) is 5.04 Å². The lowest BCUT2D eigenvalue weighted by Gasteiger charge is -2.32. The van der Waals surface area contributed by atoms with Crippen LogP contribution in [0.4, 0.5) is 0 Å². The summed E-state index contributed by atoms with van der Waals surface area (Å²) in [4.78, 5) is 0. The molecule has 1 aliphatic carbocycles. The number of hydrazone groups is 1. The highest BCUT2D eigenvalue weighted by Gasteiger charge is 2.30. The van der Waals surface area contributed by atoms with Crippen LogP contribution in [0.2, 0.25) is 0 Å². The molecule has 0 radical (unpaired) electrons. The summed E-state index contributed by atoms with van der Waals surface area (Å²) in [6.45, 7) is 2.11. The normalized spacial score (nSPS) is 31.6. The van der Waals surface area contributed by atoms with Gasteiger partial charge in [0.1, 0.15) is 0 Å². The summed E-state index contributed by atoms with van der Waals surface area (Å²) in [5, 5.41) is 4.84. The van der Waals surface area contributed by atoms with Crippen LogP contribution >= 0.6 is 11.8 Å². The van der Waals surface area contributed by atoms with Crippen LogP contribution in [0.15, 0.2) is 5.10 Å². The SMILES string of the molecule is CCS/C(=N\N)C1CC(N)C1. The molecule has 64 valence electrons. The minimum atomic E-state index is 0.384. The fourth-order valence-corrected chi connectivity index (χ4v) is 2.07. The molecule has 1 rings (SSSR count). The van der Waals surface area contributed by atoms with Gasteiger partial charge in [-0.1, -0.05) is 6.92 Å². The van der Waals surface area contributed by atoms with Crippen molar-refractivity contribution in [3.63, 3.8) is 0 Å². The highest BCUT2D eigenvalue weighted by Crippen LogP contribution is 2.30. The Bertz CT molecular complexity index is 152. The van der Waals surface area contributed by atoms with Gasteiger partial charge in [-0.2, -0.15) is 5.10 Å². The summed E-state index contributed by atoms with van der Waals surface area (Å²) in [6.07, 6.45) is 2.12. The monoisotopic (exact) mass is 173 g/mol. The second-order valence-corrected chi connectivity index (χ2v) is 4.11. The standard InChI is InChI=1S/C7H15N3S/c1-2-11-7(10-9)5-3-6(8)4-5/h5-6H,2-4,8-9H2,1H3/b10-7-. The molecule has 0 aromatic heterocycles. The molecule has 0 spiro atoms. The lowest BCUT2D eigenvalue weighted by atomic mass is 9.82. The highest BCUT2D eigenvalue weighted by molar-refractivity contribution is 8.13. The van der Waals surface area contributed by atoms with Crippen molar-refractivity contribution in [1.29, 1.82) is 0 Å². The molecule has 0 aromatic rings. The van der Waals surface area contributed by atoms with Gasteiger partial charge in [0.25, 0.3) is 0 Å². The molecule has 1 fully saturated rings. The topological polar surface area (TPSA) is 64.4 Å². The number of hydrogen-bond donors (Lipinski definition) is 2. The fourth-order valence-electron chi connectivity index (χ4n) is 1.27. The predicted octanol–water partition coefficient (Wildman–Crippen LogP) is 0.749. The molecule has 1 aliphatic rings. The molecule has 0 atom stereocenters. The van der Waals surface area contributed by atoms with Gasteiger partial charge in [0.15, 0.2) is 0 Å². The second kappa shape index (κ2) is 3.97. The predicted molar refractivity (Wildman–Crippen MR) is 50.5 cm³/mol. The first kappa shape index (κ1) is 8.87. The first-order chi connectivity index (χ1) is 5.27. The average molecular weight is 173 g/mol. The minimum absolute atomic E-state index is 0.384. The molecule has 4 heteroatoms. The Morgan fingerprint density at radius 3 is 2.64 bits per heavy atom. The van der Waals surface area contributed by atoms with E-state index in [4.69, 9.17) is 11.6 Å². The van der Waals surface area contributed by atoms with Gasteiger partial charge < -0.3 is 11.6 Å². The van der Waals surface area contributed by atoms with Crippen LogP contribution in [0.3, 0.4) is 0 Å². The van der Waals surface area contributed by atoms with E-state index in [1.807, 2.05) is 0 Å². The second-order valence-electron chi connectivity index (χ2n) is 2.83. The molecular formula is C7H15N3S. The van der Waals surface area contributed by atoms with Crippen LogP contribution in [0.25, 0.3) is 0 Å². The minimum Gasteiger partial charge on any atom is -0.328 e. The summed E-state index contributed by atoms with van der Waals surface area (Å²) in [7, 11) is 0. The van der Waals surface area contributed by atoms with Gasteiger partial charge in [-0.05, 0) is 18.6 Å². The number of nitrogens with two attached hydrogens (primary N) is 2. The zero-order chi connectivity index (χ0) is 8.27. The van der Waals surface area contributed by atoms with E-state index in [0.29, 0.717) is 12.0 Å². The number of nitrogens with zero attached hydrogens (tertiary/aromatic N) is 1. The molecule has 4 N–H and O–H groups in total. The molecule has 3 nitrogen and oxygen atoms in total. The van der Waals surface area contributed by atoms with E-state index in [0.717, 1.165) is 23.6 Å². The number of thioether (sulfide) groups is 1. The summed E-state index contributed by atoms with van der Waals surface area (Å²) < 4.78 is 0. The van der Waals surface area contributed by atoms with E-state index in [1.54, 1.807) is 11.8 Å². The van der Waals surface area contributed by atoms with Gasteiger partial charge in [-0.15, -0.1) is 11.8 Å². The molecular weight excluding hydrogens is 158 g/mol. The lowest BCUT2D eigenvalue weighted by Crippen LogP contribution is -2.39. The van der Waals surface area contributed by atoms with Crippen molar-refractivity contribution in [2.45, 2.75) is 25.8 Å². The molecule has 0 saturated heterocycles. The van der Waals surface area contributed by atoms with Crippen LogP contribution < -0.4 is 11.6 Å². The molecule has 0 aromatic carbocycles. The van der Waals surface area contributed by atoms with E-state index in [9.17, 15) is 0 Å². The zero-order valence-electron chi connectivity index (χ0n) is 6.79. The fraction of sp³-hybridized carbons (Fsp3) is 0.857. The van der Waals surface area contributed by atoms with Crippen molar-refractivity contribution in [2.24, 2.45) is 22.6 Å². The maximum atomic E-state index is 5.65. The Balaban J connectivity index is 2.33. The largest absolute Gasteiger partial charge is 0.328 e. The third-order valence-corrected chi connectivity index (χ3v) is 2.97. The molecule has 0 aliphatic heterocycles. The van der Waals surface area contributed by atoms with Crippen LogP contribution in [-0.4, -0.2) is 16.8 Å². The lowest BCUT2D eigenvalue weighted by molar-refractivity contribution is 0.348.